The van der Waals surface area contributed by atoms with E-state index in [0.29, 0.717) is 0 Å². The van der Waals surface area contributed by atoms with Gasteiger partial charge in [-0.1, -0.05) is 35.7 Å². The van der Waals surface area contributed by atoms with Crippen LogP contribution in [0.2, 0.25) is 5.02 Å². The van der Waals surface area contributed by atoms with Crippen molar-refractivity contribution in [1.82, 2.24) is 4.90 Å². The molecule has 0 unspecified atom stereocenters. The van der Waals surface area contributed by atoms with Crippen LogP contribution in [-0.4, -0.2) is 24.5 Å². The molecule has 0 N–H and O–H groups in total. The average Bonchev–Trinajstić information content (AvgIpc) is 2.30. The Morgan fingerprint density at radius 3 is 2.82 bits per heavy atom. The highest BCUT2D eigenvalue weighted by Gasteiger charge is 2.11. The molecule has 1 nitrogen and oxygen atoms in total. The van der Waals surface area contributed by atoms with Crippen LogP contribution >= 0.6 is 24.0 Å². The molecule has 3 heteroatoms. The molecule has 90 valence electrons. The Bertz CT molecular complexity index is 446. The van der Waals surface area contributed by atoms with E-state index in [9.17, 15) is 0 Å². The molecular formula is C14H15Cl2N. The van der Waals surface area contributed by atoms with Crippen LogP contribution < -0.4 is 0 Å². The molecule has 0 fully saturated rings. The third kappa shape index (κ3) is 3.78. The number of hydrogen-bond acceptors (Lipinski definition) is 1. The first-order valence-corrected chi connectivity index (χ1v) is 5.78. The van der Waals surface area contributed by atoms with Gasteiger partial charge in [-0.15, -0.1) is 18.8 Å². The molecular weight excluding hydrogens is 253 g/mol. The lowest BCUT2D eigenvalue weighted by Crippen LogP contribution is -2.28. The Kier molecular flexibility index (Phi) is 5.58. The molecule has 1 heterocycles. The minimum Gasteiger partial charge on any atom is -0.288 e. The summed E-state index contributed by atoms with van der Waals surface area (Å²) in [6.07, 6.45) is 8.58. The fourth-order valence-electron chi connectivity index (χ4n) is 1.93. The summed E-state index contributed by atoms with van der Waals surface area (Å²) in [6.45, 7) is 2.70. The first kappa shape index (κ1) is 14.1. The highest BCUT2D eigenvalue weighted by molar-refractivity contribution is 6.30. The molecule has 0 bridgehead atoms. The van der Waals surface area contributed by atoms with Crippen LogP contribution in [0.3, 0.4) is 0 Å². The molecule has 0 amide bonds. The molecule has 17 heavy (non-hydrogen) atoms. The summed E-state index contributed by atoms with van der Waals surface area (Å²) in [6, 6.07) is 8.02. The molecule has 2 rings (SSSR count). The van der Waals surface area contributed by atoms with Gasteiger partial charge in [0.05, 0.1) is 6.54 Å². The van der Waals surface area contributed by atoms with Crippen molar-refractivity contribution >= 4 is 29.6 Å². The smallest absolute Gasteiger partial charge is 0.0601 e. The van der Waals surface area contributed by atoms with Crippen molar-refractivity contribution in [3.8, 4) is 12.3 Å². The van der Waals surface area contributed by atoms with Crippen molar-refractivity contribution in [3.05, 3.63) is 40.9 Å². The number of halogens is 2. The van der Waals surface area contributed by atoms with E-state index < -0.39 is 0 Å². The fourth-order valence-corrected chi connectivity index (χ4v) is 2.12. The Morgan fingerprint density at radius 2 is 2.24 bits per heavy atom. The lowest BCUT2D eigenvalue weighted by molar-refractivity contribution is 0.340. The largest absolute Gasteiger partial charge is 0.288 e. The van der Waals surface area contributed by atoms with Gasteiger partial charge in [0.25, 0.3) is 0 Å². The summed E-state index contributed by atoms with van der Waals surface area (Å²) in [5.74, 6) is 2.68. The summed E-state index contributed by atoms with van der Waals surface area (Å²) in [4.78, 5) is 2.26. The molecule has 0 spiro atoms. The highest BCUT2D eigenvalue weighted by atomic mass is 35.5. The second kappa shape index (κ2) is 6.71. The molecule has 1 aromatic rings. The minimum atomic E-state index is 0. The quantitative estimate of drug-likeness (QED) is 0.742. The normalized spacial score (nSPS) is 15.6. The van der Waals surface area contributed by atoms with Crippen molar-refractivity contribution in [2.75, 3.05) is 19.6 Å². The molecule has 1 aliphatic rings. The minimum absolute atomic E-state index is 0. The molecule has 0 saturated carbocycles. The van der Waals surface area contributed by atoms with Gasteiger partial charge >= 0.3 is 0 Å². The molecule has 0 radical (unpaired) electrons. The van der Waals surface area contributed by atoms with E-state index in [4.69, 9.17) is 18.0 Å². The third-order valence-electron chi connectivity index (χ3n) is 2.80. The Labute approximate surface area is 114 Å². The molecule has 0 aliphatic carbocycles. The van der Waals surface area contributed by atoms with Crippen LogP contribution in [0.1, 0.15) is 12.0 Å². The van der Waals surface area contributed by atoms with Gasteiger partial charge in [0.1, 0.15) is 0 Å². The van der Waals surface area contributed by atoms with Crippen LogP contribution in [0.15, 0.2) is 30.3 Å². The van der Waals surface area contributed by atoms with Crippen molar-refractivity contribution in [1.29, 1.82) is 0 Å². The topological polar surface area (TPSA) is 3.24 Å². The van der Waals surface area contributed by atoms with Crippen LogP contribution in [-0.2, 0) is 0 Å². The highest BCUT2D eigenvalue weighted by Crippen LogP contribution is 2.24. The van der Waals surface area contributed by atoms with E-state index in [1.165, 1.54) is 11.1 Å². The van der Waals surface area contributed by atoms with Gasteiger partial charge in [0, 0.05) is 18.1 Å². The van der Waals surface area contributed by atoms with Gasteiger partial charge in [0.2, 0.25) is 0 Å². The van der Waals surface area contributed by atoms with Crippen molar-refractivity contribution in [2.24, 2.45) is 0 Å². The first-order valence-electron chi connectivity index (χ1n) is 5.40. The standard InChI is InChI=1S/C14H14ClN.ClH/c1-2-8-16-9-6-12(7-10-16)13-4-3-5-14(15)11-13;/h1,3-6,11H,7-10H2;1H. The van der Waals surface area contributed by atoms with Crippen molar-refractivity contribution in [3.63, 3.8) is 0 Å². The summed E-state index contributed by atoms with van der Waals surface area (Å²) >= 11 is 5.98. The van der Waals surface area contributed by atoms with Gasteiger partial charge in [-0.2, -0.15) is 0 Å². The average molecular weight is 268 g/mol. The summed E-state index contributed by atoms with van der Waals surface area (Å²) in [7, 11) is 0. The number of nitrogens with zero attached hydrogens (tertiary/aromatic N) is 1. The van der Waals surface area contributed by atoms with Crippen LogP contribution in [0.4, 0.5) is 0 Å². The lowest BCUT2D eigenvalue weighted by Gasteiger charge is -2.24. The maximum absolute atomic E-state index is 5.98. The van der Waals surface area contributed by atoms with Gasteiger partial charge in [-0.3, -0.25) is 4.90 Å². The molecule has 0 aromatic heterocycles. The van der Waals surface area contributed by atoms with E-state index in [0.717, 1.165) is 31.1 Å². The van der Waals surface area contributed by atoms with Gasteiger partial charge in [-0.25, -0.2) is 0 Å². The summed E-state index contributed by atoms with van der Waals surface area (Å²) < 4.78 is 0. The number of terminal acetylenes is 1. The summed E-state index contributed by atoms with van der Waals surface area (Å²) in [5, 5.41) is 0.796. The third-order valence-corrected chi connectivity index (χ3v) is 3.04. The zero-order chi connectivity index (χ0) is 11.4. The molecule has 1 aliphatic heterocycles. The maximum Gasteiger partial charge on any atom is 0.0601 e. The van der Waals surface area contributed by atoms with Gasteiger partial charge < -0.3 is 0 Å². The molecule has 0 saturated heterocycles. The van der Waals surface area contributed by atoms with Gasteiger partial charge in [-0.05, 0) is 29.7 Å². The fraction of sp³-hybridized carbons (Fsp3) is 0.286. The van der Waals surface area contributed by atoms with E-state index >= 15 is 0 Å². The Hall–Kier alpha value is -0.940. The second-order valence-electron chi connectivity index (χ2n) is 3.93. The predicted molar refractivity (Wildman–Crippen MR) is 76.6 cm³/mol. The van der Waals surface area contributed by atoms with E-state index in [2.05, 4.69) is 23.0 Å². The maximum atomic E-state index is 5.98. The molecule has 1 aromatic carbocycles. The lowest BCUT2D eigenvalue weighted by atomic mass is 10.00. The van der Waals surface area contributed by atoms with Crippen molar-refractivity contribution in [2.45, 2.75) is 6.42 Å². The van der Waals surface area contributed by atoms with Crippen LogP contribution in [0.25, 0.3) is 5.57 Å². The van der Waals surface area contributed by atoms with E-state index in [1.807, 2.05) is 18.2 Å². The number of hydrogen-bond donors (Lipinski definition) is 0. The van der Waals surface area contributed by atoms with Crippen LogP contribution in [0, 0.1) is 12.3 Å². The Morgan fingerprint density at radius 1 is 1.41 bits per heavy atom. The van der Waals surface area contributed by atoms with E-state index in [1.54, 1.807) is 0 Å². The Balaban J connectivity index is 0.00000144. The number of rotatable bonds is 2. The summed E-state index contributed by atoms with van der Waals surface area (Å²) in [5.41, 5.74) is 2.60. The SMILES string of the molecule is C#CCN1CC=C(c2cccc(Cl)c2)CC1.Cl. The zero-order valence-corrected chi connectivity index (χ0v) is 11.1. The van der Waals surface area contributed by atoms with E-state index in [-0.39, 0.29) is 12.4 Å². The monoisotopic (exact) mass is 267 g/mol. The van der Waals surface area contributed by atoms with Gasteiger partial charge in [0.15, 0.2) is 0 Å². The second-order valence-corrected chi connectivity index (χ2v) is 4.37. The predicted octanol–water partition coefficient (Wildman–Crippen LogP) is 3.48. The van der Waals surface area contributed by atoms with Crippen LogP contribution in [0.5, 0.6) is 0 Å². The number of benzene rings is 1. The molecule has 0 atom stereocenters. The first-order chi connectivity index (χ1) is 7.79. The zero-order valence-electron chi connectivity index (χ0n) is 9.53. The van der Waals surface area contributed by atoms with Crippen molar-refractivity contribution < 1.29 is 0 Å².